The van der Waals surface area contributed by atoms with Crippen LogP contribution in [-0.2, 0) is 17.6 Å². The molecule has 150 valence electrons. The van der Waals surface area contributed by atoms with Crippen molar-refractivity contribution in [2.75, 3.05) is 5.75 Å². The van der Waals surface area contributed by atoms with Gasteiger partial charge in [0.25, 0.3) is 0 Å². The molecule has 0 saturated heterocycles. The number of carbonyl (C=O) groups is 1. The van der Waals surface area contributed by atoms with E-state index in [2.05, 4.69) is 28.6 Å². The molecule has 7 heteroatoms. The van der Waals surface area contributed by atoms with Crippen LogP contribution in [0.2, 0.25) is 0 Å². The quantitative estimate of drug-likeness (QED) is 0.405. The van der Waals surface area contributed by atoms with Crippen LogP contribution in [0.4, 0.5) is 0 Å². The lowest BCUT2D eigenvalue weighted by molar-refractivity contribution is -0.119. The molecule has 2 aromatic carbocycles. The van der Waals surface area contributed by atoms with E-state index in [1.54, 1.807) is 4.68 Å². The summed E-state index contributed by atoms with van der Waals surface area (Å²) in [5.74, 6) is 0.333. The molecule has 4 rings (SSSR count). The average molecular weight is 442 g/mol. The first-order valence-corrected chi connectivity index (χ1v) is 12.0. The number of hydrogen-bond acceptors (Lipinski definition) is 5. The van der Waals surface area contributed by atoms with Crippen LogP contribution in [0, 0.1) is 3.95 Å². The van der Waals surface area contributed by atoms with Crippen LogP contribution in [0.5, 0.6) is 0 Å². The summed E-state index contributed by atoms with van der Waals surface area (Å²) in [6, 6.07) is 16.4. The van der Waals surface area contributed by atoms with Crippen molar-refractivity contribution in [1.29, 1.82) is 0 Å². The highest BCUT2D eigenvalue weighted by atomic mass is 32.2. The van der Waals surface area contributed by atoms with Crippen LogP contribution in [0.3, 0.4) is 0 Å². The van der Waals surface area contributed by atoms with Crippen LogP contribution < -0.4 is 5.32 Å². The predicted molar refractivity (Wildman–Crippen MR) is 123 cm³/mol. The van der Waals surface area contributed by atoms with Gasteiger partial charge in [-0.05, 0) is 73.6 Å². The van der Waals surface area contributed by atoms with Gasteiger partial charge < -0.3 is 5.32 Å². The van der Waals surface area contributed by atoms with Crippen molar-refractivity contribution in [3.05, 3.63) is 69.2 Å². The van der Waals surface area contributed by atoms with Gasteiger partial charge in [-0.2, -0.15) is 0 Å². The van der Waals surface area contributed by atoms with Crippen molar-refractivity contribution in [2.24, 2.45) is 0 Å². The fraction of sp³-hybridized carbons (Fsp3) is 0.318. The van der Waals surface area contributed by atoms with Gasteiger partial charge >= 0.3 is 0 Å². The van der Waals surface area contributed by atoms with Gasteiger partial charge in [-0.15, -0.1) is 5.10 Å². The second-order valence-corrected chi connectivity index (χ2v) is 10.0. The van der Waals surface area contributed by atoms with Crippen LogP contribution in [0.25, 0.3) is 5.69 Å². The Bertz CT molecular complexity index is 1060. The zero-order valence-corrected chi connectivity index (χ0v) is 18.7. The van der Waals surface area contributed by atoms with Crippen molar-refractivity contribution in [2.45, 2.75) is 43.0 Å². The third kappa shape index (κ3) is 4.97. The van der Waals surface area contributed by atoms with Gasteiger partial charge in [-0.3, -0.25) is 4.79 Å². The topological polar surface area (TPSA) is 46.9 Å². The Balaban J connectivity index is 1.35. The minimum Gasteiger partial charge on any atom is -0.349 e. The Kier molecular flexibility index (Phi) is 6.47. The molecule has 1 atom stereocenters. The number of amides is 1. The third-order valence-electron chi connectivity index (χ3n) is 5.11. The molecule has 1 amide bonds. The van der Waals surface area contributed by atoms with E-state index >= 15 is 0 Å². The largest absolute Gasteiger partial charge is 0.349 e. The summed E-state index contributed by atoms with van der Waals surface area (Å²) in [5.41, 5.74) is 5.01. The van der Waals surface area contributed by atoms with Gasteiger partial charge in [0.1, 0.15) is 0 Å². The van der Waals surface area contributed by atoms with Crippen molar-refractivity contribution in [3.8, 4) is 5.69 Å². The first kappa shape index (κ1) is 20.3. The molecule has 1 aromatic heterocycles. The SMILES string of the molecule is CC(NC(=O)CSc1nn(-c2ccccc2)c(=S)s1)c1ccc2c(c1)CCCC2. The summed E-state index contributed by atoms with van der Waals surface area (Å²) < 4.78 is 3.23. The molecule has 1 heterocycles. The van der Waals surface area contributed by atoms with E-state index in [-0.39, 0.29) is 11.9 Å². The van der Waals surface area contributed by atoms with E-state index in [1.807, 2.05) is 37.3 Å². The van der Waals surface area contributed by atoms with E-state index in [0.717, 1.165) is 16.4 Å². The van der Waals surface area contributed by atoms with Crippen molar-refractivity contribution < 1.29 is 4.79 Å². The maximum absolute atomic E-state index is 12.5. The van der Waals surface area contributed by atoms with E-state index in [1.165, 1.54) is 59.1 Å². The number of benzene rings is 2. The predicted octanol–water partition coefficient (Wildman–Crippen LogP) is 5.51. The summed E-state index contributed by atoms with van der Waals surface area (Å²) in [6.07, 6.45) is 4.86. The maximum atomic E-state index is 12.5. The molecule has 0 fully saturated rings. The number of nitrogens with one attached hydrogen (secondary N) is 1. The first-order chi connectivity index (χ1) is 14.1. The number of thioether (sulfide) groups is 1. The zero-order valence-electron chi connectivity index (χ0n) is 16.3. The smallest absolute Gasteiger partial charge is 0.230 e. The molecule has 29 heavy (non-hydrogen) atoms. The molecular formula is C22H23N3OS3. The second kappa shape index (κ2) is 9.24. The van der Waals surface area contributed by atoms with Crippen LogP contribution in [-0.4, -0.2) is 21.4 Å². The molecule has 1 N–H and O–H groups in total. The van der Waals surface area contributed by atoms with Crippen molar-refractivity contribution in [1.82, 2.24) is 15.1 Å². The Hall–Kier alpha value is -1.96. The summed E-state index contributed by atoms with van der Waals surface area (Å²) in [7, 11) is 0. The summed E-state index contributed by atoms with van der Waals surface area (Å²) in [4.78, 5) is 12.5. The zero-order chi connectivity index (χ0) is 20.2. The number of fused-ring (bicyclic) bond motifs is 1. The number of rotatable bonds is 6. The number of nitrogens with zero attached hydrogens (tertiary/aromatic N) is 2. The maximum Gasteiger partial charge on any atom is 0.230 e. The van der Waals surface area contributed by atoms with Crippen LogP contribution in [0.15, 0.2) is 52.9 Å². The summed E-state index contributed by atoms with van der Waals surface area (Å²) in [5, 5.41) is 7.66. The number of hydrogen-bond donors (Lipinski definition) is 1. The minimum atomic E-state index is -0.00427. The van der Waals surface area contributed by atoms with Gasteiger partial charge in [-0.1, -0.05) is 59.5 Å². The molecule has 0 spiro atoms. The number of aromatic nitrogens is 2. The highest BCUT2D eigenvalue weighted by Crippen LogP contribution is 2.26. The Morgan fingerprint density at radius 2 is 1.97 bits per heavy atom. The number of carbonyl (C=O) groups excluding carboxylic acids is 1. The molecule has 4 nitrogen and oxygen atoms in total. The summed E-state index contributed by atoms with van der Waals surface area (Å²) in [6.45, 7) is 2.04. The van der Waals surface area contributed by atoms with Crippen LogP contribution >= 0.6 is 35.3 Å². The lowest BCUT2D eigenvalue weighted by atomic mass is 9.89. The highest BCUT2D eigenvalue weighted by Gasteiger charge is 2.15. The fourth-order valence-corrected chi connectivity index (χ4v) is 5.74. The van der Waals surface area contributed by atoms with Gasteiger partial charge in [0.2, 0.25) is 5.91 Å². The van der Waals surface area contributed by atoms with Crippen molar-refractivity contribution >= 4 is 41.2 Å². The van der Waals surface area contributed by atoms with E-state index in [9.17, 15) is 4.79 Å². The summed E-state index contributed by atoms with van der Waals surface area (Å²) >= 11 is 8.28. The molecule has 3 aromatic rings. The first-order valence-electron chi connectivity index (χ1n) is 9.79. The van der Waals surface area contributed by atoms with Crippen LogP contribution in [0.1, 0.15) is 42.5 Å². The molecule has 1 aliphatic carbocycles. The van der Waals surface area contributed by atoms with Gasteiger partial charge in [0, 0.05) is 0 Å². The molecule has 0 aliphatic heterocycles. The fourth-order valence-electron chi connectivity index (χ4n) is 3.57. The molecule has 0 bridgehead atoms. The van der Waals surface area contributed by atoms with E-state index < -0.39 is 0 Å². The molecular weight excluding hydrogens is 418 g/mol. The molecule has 0 saturated carbocycles. The standard InChI is InChI=1S/C22H23N3OS3/c1-15(17-12-11-16-7-5-6-8-18(16)13-17)23-20(26)14-28-21-24-25(22(27)29-21)19-9-3-2-4-10-19/h2-4,9-13,15H,5-8,14H2,1H3,(H,23,26). The molecule has 1 unspecified atom stereocenters. The highest BCUT2D eigenvalue weighted by molar-refractivity contribution is 8.01. The lowest BCUT2D eigenvalue weighted by Crippen LogP contribution is -2.28. The van der Waals surface area contributed by atoms with E-state index in [0.29, 0.717) is 9.71 Å². The monoisotopic (exact) mass is 441 g/mol. The Morgan fingerprint density at radius 3 is 2.76 bits per heavy atom. The molecule has 0 radical (unpaired) electrons. The third-order valence-corrected chi connectivity index (χ3v) is 7.47. The minimum absolute atomic E-state index is 0.00427. The Labute approximate surface area is 184 Å². The van der Waals surface area contributed by atoms with Gasteiger partial charge in [0.15, 0.2) is 8.29 Å². The van der Waals surface area contributed by atoms with Gasteiger partial charge in [0.05, 0.1) is 17.5 Å². The van der Waals surface area contributed by atoms with Crippen molar-refractivity contribution in [3.63, 3.8) is 0 Å². The molecule has 1 aliphatic rings. The van der Waals surface area contributed by atoms with E-state index in [4.69, 9.17) is 12.2 Å². The number of para-hydroxylation sites is 1. The lowest BCUT2D eigenvalue weighted by Gasteiger charge is -2.20. The number of aryl methyl sites for hydroxylation is 2. The normalized spacial score (nSPS) is 14.2. The average Bonchev–Trinajstić information content (AvgIpc) is 3.13. The Morgan fingerprint density at radius 1 is 1.21 bits per heavy atom. The van der Waals surface area contributed by atoms with Gasteiger partial charge in [-0.25, -0.2) is 4.68 Å². The second-order valence-electron chi connectivity index (χ2n) is 7.19.